The van der Waals surface area contributed by atoms with Crippen LogP contribution in [0.25, 0.3) is 0 Å². The molecule has 0 bridgehead atoms. The van der Waals surface area contributed by atoms with E-state index in [-0.39, 0.29) is 12.3 Å². The van der Waals surface area contributed by atoms with Crippen molar-refractivity contribution < 1.29 is 28.6 Å². The minimum atomic E-state index is -0.856. The maximum Gasteiger partial charge on any atom is 0.265 e. The standard InChI is InChI=1S/C20H19N3O6/c1-27-14-5-3-13(4-6-14)23-18(24)11-15(20(23)26)21-22-19(25)12-2-7-16-17(10-12)29-9-8-28-16/h2-7,10,15,21H,8-9,11H2,1H3,(H,22,25). The molecule has 2 aliphatic rings. The molecule has 150 valence electrons. The quantitative estimate of drug-likeness (QED) is 0.573. The number of hydrazine groups is 1. The van der Waals surface area contributed by atoms with Crippen molar-refractivity contribution in [1.82, 2.24) is 10.9 Å². The minimum absolute atomic E-state index is 0.0632. The number of amides is 3. The monoisotopic (exact) mass is 397 g/mol. The van der Waals surface area contributed by atoms with E-state index < -0.39 is 17.9 Å². The Hall–Kier alpha value is -3.59. The van der Waals surface area contributed by atoms with Gasteiger partial charge in [0, 0.05) is 5.56 Å². The van der Waals surface area contributed by atoms with E-state index in [1.165, 1.54) is 7.11 Å². The molecule has 0 saturated carbocycles. The highest BCUT2D eigenvalue weighted by atomic mass is 16.6. The fraction of sp³-hybridized carbons (Fsp3) is 0.250. The molecule has 3 amide bonds. The van der Waals surface area contributed by atoms with Gasteiger partial charge in [0.25, 0.3) is 11.8 Å². The van der Waals surface area contributed by atoms with Crippen molar-refractivity contribution in [2.45, 2.75) is 12.5 Å². The van der Waals surface area contributed by atoms with E-state index in [9.17, 15) is 14.4 Å². The zero-order chi connectivity index (χ0) is 20.4. The van der Waals surface area contributed by atoms with Crippen LogP contribution in [0.4, 0.5) is 5.69 Å². The van der Waals surface area contributed by atoms with Gasteiger partial charge in [-0.2, -0.15) is 0 Å². The largest absolute Gasteiger partial charge is 0.497 e. The topological polar surface area (TPSA) is 106 Å². The number of nitrogens with zero attached hydrogens (tertiary/aromatic N) is 1. The number of fused-ring (bicyclic) bond motifs is 1. The average molecular weight is 397 g/mol. The highest BCUT2D eigenvalue weighted by molar-refractivity contribution is 6.22. The van der Waals surface area contributed by atoms with E-state index in [4.69, 9.17) is 14.2 Å². The van der Waals surface area contributed by atoms with Gasteiger partial charge in [0.05, 0.1) is 19.2 Å². The molecule has 1 unspecified atom stereocenters. The highest BCUT2D eigenvalue weighted by Gasteiger charge is 2.39. The molecular weight excluding hydrogens is 378 g/mol. The van der Waals surface area contributed by atoms with Crippen molar-refractivity contribution in [3.8, 4) is 17.2 Å². The Morgan fingerprint density at radius 3 is 2.52 bits per heavy atom. The number of rotatable bonds is 5. The van der Waals surface area contributed by atoms with Crippen molar-refractivity contribution in [3.63, 3.8) is 0 Å². The van der Waals surface area contributed by atoms with Crippen LogP contribution in [0.5, 0.6) is 17.2 Å². The van der Waals surface area contributed by atoms with Crippen LogP contribution in [-0.4, -0.2) is 44.1 Å². The van der Waals surface area contributed by atoms with Crippen molar-refractivity contribution >= 4 is 23.4 Å². The summed E-state index contributed by atoms with van der Waals surface area (Å²) in [6, 6.07) is 10.5. The van der Waals surface area contributed by atoms with Gasteiger partial charge in [-0.1, -0.05) is 0 Å². The smallest absolute Gasteiger partial charge is 0.265 e. The number of nitrogens with one attached hydrogen (secondary N) is 2. The lowest BCUT2D eigenvalue weighted by Crippen LogP contribution is -2.48. The van der Waals surface area contributed by atoms with E-state index in [1.54, 1.807) is 42.5 Å². The summed E-state index contributed by atoms with van der Waals surface area (Å²) < 4.78 is 16.0. The Bertz CT molecular complexity index is 959. The van der Waals surface area contributed by atoms with Crippen LogP contribution in [0, 0.1) is 0 Å². The number of methoxy groups -OCH3 is 1. The Morgan fingerprint density at radius 2 is 1.79 bits per heavy atom. The van der Waals surface area contributed by atoms with E-state index in [2.05, 4.69) is 10.9 Å². The number of hydrogen-bond acceptors (Lipinski definition) is 7. The molecule has 0 spiro atoms. The van der Waals surface area contributed by atoms with E-state index in [0.717, 1.165) is 4.90 Å². The van der Waals surface area contributed by atoms with Gasteiger partial charge >= 0.3 is 0 Å². The normalized spacial score (nSPS) is 18.0. The Balaban J connectivity index is 1.40. The lowest BCUT2D eigenvalue weighted by atomic mass is 10.2. The molecule has 2 aromatic carbocycles. The predicted molar refractivity (Wildman–Crippen MR) is 102 cm³/mol. The SMILES string of the molecule is COc1ccc(N2C(=O)CC(NNC(=O)c3ccc4c(c3)OCCO4)C2=O)cc1. The van der Waals surface area contributed by atoms with Gasteiger partial charge in [0.15, 0.2) is 11.5 Å². The molecule has 9 heteroatoms. The highest BCUT2D eigenvalue weighted by Crippen LogP contribution is 2.30. The van der Waals surface area contributed by atoms with Crippen molar-refractivity contribution in [1.29, 1.82) is 0 Å². The summed E-state index contributed by atoms with van der Waals surface area (Å²) in [4.78, 5) is 38.4. The maximum atomic E-state index is 12.6. The van der Waals surface area contributed by atoms with Crippen molar-refractivity contribution in [3.05, 3.63) is 48.0 Å². The van der Waals surface area contributed by atoms with Gasteiger partial charge in [-0.3, -0.25) is 19.8 Å². The van der Waals surface area contributed by atoms with E-state index in [1.807, 2.05) is 0 Å². The molecular formula is C20H19N3O6. The summed E-state index contributed by atoms with van der Waals surface area (Å²) in [5.74, 6) is 0.433. The minimum Gasteiger partial charge on any atom is -0.497 e. The summed E-state index contributed by atoms with van der Waals surface area (Å²) >= 11 is 0. The van der Waals surface area contributed by atoms with Crippen LogP contribution in [0.3, 0.4) is 0 Å². The van der Waals surface area contributed by atoms with E-state index >= 15 is 0 Å². The number of anilines is 1. The van der Waals surface area contributed by atoms with Gasteiger partial charge in [-0.05, 0) is 42.5 Å². The van der Waals surface area contributed by atoms with Crippen molar-refractivity contribution in [2.24, 2.45) is 0 Å². The van der Waals surface area contributed by atoms with Crippen molar-refractivity contribution in [2.75, 3.05) is 25.2 Å². The van der Waals surface area contributed by atoms with Gasteiger partial charge in [0.1, 0.15) is 25.0 Å². The van der Waals surface area contributed by atoms with Crippen LogP contribution in [0.2, 0.25) is 0 Å². The summed E-state index contributed by atoms with van der Waals surface area (Å²) in [6.07, 6.45) is -0.0632. The Morgan fingerprint density at radius 1 is 1.07 bits per heavy atom. The van der Waals surface area contributed by atoms with Crippen LogP contribution >= 0.6 is 0 Å². The first-order valence-electron chi connectivity index (χ1n) is 9.03. The lowest BCUT2D eigenvalue weighted by Gasteiger charge is -2.19. The molecule has 2 N–H and O–H groups in total. The molecule has 2 heterocycles. The first-order chi connectivity index (χ1) is 14.1. The number of benzene rings is 2. The summed E-state index contributed by atoms with van der Waals surface area (Å²) in [5.41, 5.74) is 5.92. The second-order valence-electron chi connectivity index (χ2n) is 6.48. The van der Waals surface area contributed by atoms with Gasteiger partial charge in [0.2, 0.25) is 5.91 Å². The second-order valence-corrected chi connectivity index (χ2v) is 6.48. The number of imide groups is 1. The molecule has 1 saturated heterocycles. The molecule has 2 aromatic rings. The van der Waals surface area contributed by atoms with Gasteiger partial charge < -0.3 is 14.2 Å². The van der Waals surface area contributed by atoms with E-state index in [0.29, 0.717) is 41.7 Å². The molecule has 1 atom stereocenters. The first-order valence-corrected chi connectivity index (χ1v) is 9.03. The third-order valence-corrected chi connectivity index (χ3v) is 4.64. The zero-order valence-electron chi connectivity index (χ0n) is 15.6. The molecule has 0 radical (unpaired) electrons. The zero-order valence-corrected chi connectivity index (χ0v) is 15.6. The molecule has 1 fully saturated rings. The summed E-state index contributed by atoms with van der Waals surface area (Å²) in [5, 5.41) is 0. The molecule has 2 aliphatic heterocycles. The second kappa shape index (κ2) is 7.80. The Kier molecular flexibility index (Phi) is 5.05. The summed E-state index contributed by atoms with van der Waals surface area (Å²) in [6.45, 7) is 0.874. The fourth-order valence-electron chi connectivity index (χ4n) is 3.16. The predicted octanol–water partition coefficient (Wildman–Crippen LogP) is 1.03. The van der Waals surface area contributed by atoms with Crippen LogP contribution < -0.4 is 30.0 Å². The first kappa shape index (κ1) is 18.8. The molecule has 0 aliphatic carbocycles. The lowest BCUT2D eigenvalue weighted by molar-refractivity contribution is -0.121. The maximum absolute atomic E-state index is 12.6. The third kappa shape index (κ3) is 3.72. The third-order valence-electron chi connectivity index (χ3n) is 4.64. The molecule has 9 nitrogen and oxygen atoms in total. The number of carbonyl (C=O) groups is 3. The van der Waals surface area contributed by atoms with Gasteiger partial charge in [-0.25, -0.2) is 10.3 Å². The summed E-state index contributed by atoms with van der Waals surface area (Å²) in [7, 11) is 1.53. The van der Waals surface area contributed by atoms with Crippen LogP contribution in [-0.2, 0) is 9.59 Å². The average Bonchev–Trinajstić information content (AvgIpc) is 3.04. The number of hydrogen-bond donors (Lipinski definition) is 2. The van der Waals surface area contributed by atoms with Crippen LogP contribution in [0.15, 0.2) is 42.5 Å². The molecule has 4 rings (SSSR count). The fourth-order valence-corrected chi connectivity index (χ4v) is 3.16. The number of carbonyl (C=O) groups excluding carboxylic acids is 3. The number of ether oxygens (including phenoxy) is 3. The van der Waals surface area contributed by atoms with Gasteiger partial charge in [-0.15, -0.1) is 0 Å². The Labute approximate surface area is 166 Å². The molecule has 29 heavy (non-hydrogen) atoms. The molecule has 0 aromatic heterocycles. The van der Waals surface area contributed by atoms with Crippen LogP contribution in [0.1, 0.15) is 16.8 Å².